The summed E-state index contributed by atoms with van der Waals surface area (Å²) in [6.07, 6.45) is 4.14. The molecule has 1 spiro atoms. The number of ether oxygens (including phenoxy) is 1. The zero-order valence-corrected chi connectivity index (χ0v) is 14.7. The number of halogens is 1. The number of hydrogen-bond donors (Lipinski definition) is 0. The van der Waals surface area contributed by atoms with Crippen LogP contribution in [0.1, 0.15) is 62.4 Å². The van der Waals surface area contributed by atoms with Crippen LogP contribution in [0.2, 0.25) is 0 Å². The van der Waals surface area contributed by atoms with Gasteiger partial charge in [0.1, 0.15) is 11.2 Å². The molecule has 118 valence electrons. The third kappa shape index (κ3) is 3.19. The fraction of sp³-hybridized carbons (Fsp3) is 0.529. The van der Waals surface area contributed by atoms with E-state index in [1.807, 2.05) is 32.9 Å². The minimum atomic E-state index is -0.510. The van der Waals surface area contributed by atoms with Gasteiger partial charge in [-0.05, 0) is 58.2 Å². The molecule has 0 N–H and O–H groups in total. The molecule has 1 aromatic rings. The van der Waals surface area contributed by atoms with E-state index in [0.29, 0.717) is 5.56 Å². The van der Waals surface area contributed by atoms with Crippen molar-refractivity contribution < 1.29 is 14.4 Å². The largest absolute Gasteiger partial charge is 0.456 e. The molecule has 0 unspecified atom stereocenters. The normalized spacial score (nSPS) is 19.4. The Bertz CT molecular complexity index is 642. The lowest BCUT2D eigenvalue weighted by molar-refractivity contribution is -0.0755. The Hall–Kier alpha value is -1.36. The summed E-state index contributed by atoms with van der Waals surface area (Å²) in [5.74, 6) is -0.326. The molecule has 4 nitrogen and oxygen atoms in total. The van der Waals surface area contributed by atoms with Crippen LogP contribution in [0.15, 0.2) is 27.8 Å². The van der Waals surface area contributed by atoms with Crippen LogP contribution in [0.5, 0.6) is 0 Å². The number of carbonyl (C=O) groups excluding carboxylic acids is 1. The van der Waals surface area contributed by atoms with Gasteiger partial charge in [-0.3, -0.25) is 0 Å². The number of nitrogens with zero attached hydrogens (tertiary/aromatic N) is 1. The molecular formula is C17H20BrNO3. The molecule has 5 heteroatoms. The van der Waals surface area contributed by atoms with Crippen LogP contribution in [0.25, 0.3) is 0 Å². The predicted molar refractivity (Wildman–Crippen MR) is 88.1 cm³/mol. The number of carbonyl (C=O) groups is 1. The Labute approximate surface area is 139 Å². The van der Waals surface area contributed by atoms with Gasteiger partial charge in [-0.1, -0.05) is 21.1 Å². The van der Waals surface area contributed by atoms with Crippen molar-refractivity contribution in [3.8, 4) is 0 Å². The van der Waals surface area contributed by atoms with Gasteiger partial charge in [0.25, 0.3) is 0 Å². The van der Waals surface area contributed by atoms with Gasteiger partial charge in [0.15, 0.2) is 0 Å². The van der Waals surface area contributed by atoms with Crippen LogP contribution >= 0.6 is 15.9 Å². The molecule has 0 atom stereocenters. The summed E-state index contributed by atoms with van der Waals surface area (Å²) in [5.41, 5.74) is 1.76. The van der Waals surface area contributed by atoms with Crippen molar-refractivity contribution in [2.45, 2.75) is 57.7 Å². The minimum Gasteiger partial charge on any atom is -0.456 e. The van der Waals surface area contributed by atoms with Gasteiger partial charge in [-0.15, -0.1) is 0 Å². The van der Waals surface area contributed by atoms with E-state index < -0.39 is 5.60 Å². The molecule has 1 aliphatic heterocycles. The van der Waals surface area contributed by atoms with Crippen LogP contribution in [0.3, 0.4) is 0 Å². The molecule has 1 aromatic carbocycles. The van der Waals surface area contributed by atoms with Gasteiger partial charge in [-0.25, -0.2) is 4.79 Å². The molecule has 3 rings (SSSR count). The number of hydrogen-bond acceptors (Lipinski definition) is 4. The van der Waals surface area contributed by atoms with Gasteiger partial charge >= 0.3 is 5.97 Å². The zero-order valence-electron chi connectivity index (χ0n) is 13.1. The highest BCUT2D eigenvalue weighted by Crippen LogP contribution is 2.43. The number of rotatable bonds is 2. The second kappa shape index (κ2) is 5.37. The van der Waals surface area contributed by atoms with Crippen LogP contribution in [-0.2, 0) is 9.57 Å². The van der Waals surface area contributed by atoms with E-state index in [1.165, 1.54) is 6.42 Å². The molecule has 0 aromatic heterocycles. The summed E-state index contributed by atoms with van der Waals surface area (Å²) in [6.45, 7) is 5.58. The van der Waals surface area contributed by atoms with Gasteiger partial charge in [0, 0.05) is 16.5 Å². The summed E-state index contributed by atoms with van der Waals surface area (Å²) >= 11 is 3.46. The average Bonchev–Trinajstić information content (AvgIpc) is 2.81. The Morgan fingerprint density at radius 2 is 2.05 bits per heavy atom. The van der Waals surface area contributed by atoms with E-state index in [2.05, 4.69) is 21.1 Å². The third-order valence-electron chi connectivity index (χ3n) is 3.97. The molecule has 22 heavy (non-hydrogen) atoms. The second-order valence-electron chi connectivity index (χ2n) is 7.07. The van der Waals surface area contributed by atoms with Gasteiger partial charge < -0.3 is 9.57 Å². The van der Waals surface area contributed by atoms with Crippen molar-refractivity contribution in [1.29, 1.82) is 0 Å². The molecule has 1 heterocycles. The number of oxime groups is 1. The minimum absolute atomic E-state index is 0.0796. The van der Waals surface area contributed by atoms with E-state index in [-0.39, 0.29) is 11.6 Å². The van der Waals surface area contributed by atoms with Crippen molar-refractivity contribution in [2.75, 3.05) is 0 Å². The topological polar surface area (TPSA) is 47.9 Å². The van der Waals surface area contributed by atoms with Crippen molar-refractivity contribution in [2.24, 2.45) is 5.16 Å². The molecular weight excluding hydrogens is 346 g/mol. The summed E-state index contributed by atoms with van der Waals surface area (Å²) < 4.78 is 6.28. The van der Waals surface area contributed by atoms with Gasteiger partial charge in [0.05, 0.1) is 11.3 Å². The lowest BCUT2D eigenvalue weighted by Gasteiger charge is -2.34. The smallest absolute Gasteiger partial charge is 0.338 e. The van der Waals surface area contributed by atoms with Crippen molar-refractivity contribution in [1.82, 2.24) is 0 Å². The third-order valence-corrected chi connectivity index (χ3v) is 4.43. The Morgan fingerprint density at radius 3 is 2.59 bits per heavy atom. The quantitative estimate of drug-likeness (QED) is 0.727. The van der Waals surface area contributed by atoms with Gasteiger partial charge in [0.2, 0.25) is 0 Å². The standard InChI is InChI=1S/C17H20BrNO3/c1-16(2,3)21-15(20)12-7-11(8-13(18)9-12)14-10-17(22-19-14)5-4-6-17/h7-9H,4-6,10H2,1-3H3. The fourth-order valence-corrected chi connectivity index (χ4v) is 3.22. The first-order valence-electron chi connectivity index (χ1n) is 7.56. The first-order chi connectivity index (χ1) is 10.3. The lowest BCUT2D eigenvalue weighted by atomic mass is 9.76. The maximum Gasteiger partial charge on any atom is 0.338 e. The zero-order chi connectivity index (χ0) is 16.0. The van der Waals surface area contributed by atoms with E-state index >= 15 is 0 Å². The van der Waals surface area contributed by atoms with Crippen LogP contribution in [0.4, 0.5) is 0 Å². The Kier molecular flexibility index (Phi) is 3.79. The molecule has 0 amide bonds. The maximum absolute atomic E-state index is 12.3. The van der Waals surface area contributed by atoms with Crippen molar-refractivity contribution >= 4 is 27.6 Å². The van der Waals surface area contributed by atoms with E-state index in [4.69, 9.17) is 9.57 Å². The van der Waals surface area contributed by atoms with Crippen LogP contribution < -0.4 is 0 Å². The van der Waals surface area contributed by atoms with E-state index in [0.717, 1.165) is 35.0 Å². The second-order valence-corrected chi connectivity index (χ2v) is 7.99. The monoisotopic (exact) mass is 365 g/mol. The fourth-order valence-electron chi connectivity index (χ4n) is 2.73. The molecule has 0 bridgehead atoms. The average molecular weight is 366 g/mol. The first-order valence-corrected chi connectivity index (χ1v) is 8.35. The molecule has 2 aliphatic rings. The van der Waals surface area contributed by atoms with Crippen molar-refractivity contribution in [3.05, 3.63) is 33.8 Å². The number of esters is 1. The highest BCUT2D eigenvalue weighted by molar-refractivity contribution is 9.10. The SMILES string of the molecule is CC(C)(C)OC(=O)c1cc(Br)cc(C2=NOC3(CCC3)C2)c1. The first kappa shape index (κ1) is 15.5. The van der Waals surface area contributed by atoms with Crippen molar-refractivity contribution in [3.63, 3.8) is 0 Å². The van der Waals surface area contributed by atoms with E-state index in [9.17, 15) is 4.79 Å². The lowest BCUT2D eigenvalue weighted by Crippen LogP contribution is -2.36. The summed E-state index contributed by atoms with van der Waals surface area (Å²) in [4.78, 5) is 17.9. The highest BCUT2D eigenvalue weighted by Gasteiger charge is 2.44. The maximum atomic E-state index is 12.3. The Morgan fingerprint density at radius 1 is 1.32 bits per heavy atom. The summed E-state index contributed by atoms with van der Waals surface area (Å²) in [6, 6.07) is 5.57. The molecule has 1 aliphatic carbocycles. The molecule has 0 saturated heterocycles. The van der Waals surface area contributed by atoms with Crippen LogP contribution in [0, 0.1) is 0 Å². The highest BCUT2D eigenvalue weighted by atomic mass is 79.9. The van der Waals surface area contributed by atoms with Crippen LogP contribution in [-0.4, -0.2) is 22.9 Å². The summed E-state index contributed by atoms with van der Waals surface area (Å²) in [5, 5.41) is 4.24. The molecule has 1 fully saturated rings. The summed E-state index contributed by atoms with van der Waals surface area (Å²) in [7, 11) is 0. The number of benzene rings is 1. The Balaban J connectivity index is 1.83. The predicted octanol–water partition coefficient (Wildman–Crippen LogP) is 4.45. The molecule has 0 radical (unpaired) electrons. The van der Waals surface area contributed by atoms with E-state index in [1.54, 1.807) is 6.07 Å². The van der Waals surface area contributed by atoms with Gasteiger partial charge in [-0.2, -0.15) is 0 Å². The molecule has 1 saturated carbocycles.